The Morgan fingerprint density at radius 2 is 1.56 bits per heavy atom. The molecule has 0 aliphatic carbocycles. The highest BCUT2D eigenvalue weighted by Gasteiger charge is 2.11. The quantitative estimate of drug-likeness (QED) is 0.707. The second-order valence-corrected chi connectivity index (χ2v) is 3.55. The van der Waals surface area contributed by atoms with Gasteiger partial charge in [-0.3, -0.25) is 9.59 Å². The highest BCUT2D eigenvalue weighted by Crippen LogP contribution is 2.23. The number of aliphatic carboxylic acids is 2. The SMILES string of the molecule is Cc1cc(CC(=O)O)c(O)cc1CC(=O)O. The summed E-state index contributed by atoms with van der Waals surface area (Å²) in [5, 5.41) is 26.7. The minimum Gasteiger partial charge on any atom is -0.508 e. The first-order valence-electron chi connectivity index (χ1n) is 4.65. The molecule has 1 aromatic rings. The van der Waals surface area contributed by atoms with Gasteiger partial charge >= 0.3 is 11.9 Å². The van der Waals surface area contributed by atoms with E-state index in [1.54, 1.807) is 6.92 Å². The fourth-order valence-electron chi connectivity index (χ4n) is 1.46. The van der Waals surface area contributed by atoms with Crippen LogP contribution in [0.5, 0.6) is 5.75 Å². The van der Waals surface area contributed by atoms with E-state index < -0.39 is 11.9 Å². The first-order valence-corrected chi connectivity index (χ1v) is 4.65. The summed E-state index contributed by atoms with van der Waals surface area (Å²) in [4.78, 5) is 21.0. The largest absolute Gasteiger partial charge is 0.508 e. The molecule has 86 valence electrons. The van der Waals surface area contributed by atoms with Crippen LogP contribution >= 0.6 is 0 Å². The number of phenolic OH excluding ortho intramolecular Hbond substituents is 1. The Hall–Kier alpha value is -2.04. The standard InChI is InChI=1S/C11H12O5/c1-6-2-8(5-11(15)16)9(12)3-7(6)4-10(13)14/h2-3,12H,4-5H2,1H3,(H,13,14)(H,15,16). The van der Waals surface area contributed by atoms with Crippen LogP contribution < -0.4 is 0 Å². The summed E-state index contributed by atoms with van der Waals surface area (Å²) in [7, 11) is 0. The van der Waals surface area contributed by atoms with Crippen LogP contribution in [0.2, 0.25) is 0 Å². The molecule has 0 aliphatic heterocycles. The molecule has 0 aromatic heterocycles. The molecule has 0 spiro atoms. The van der Waals surface area contributed by atoms with Crippen molar-refractivity contribution in [3.8, 4) is 5.75 Å². The molecule has 5 nitrogen and oxygen atoms in total. The Labute approximate surface area is 92.0 Å². The van der Waals surface area contributed by atoms with E-state index in [2.05, 4.69) is 0 Å². The topological polar surface area (TPSA) is 94.8 Å². The van der Waals surface area contributed by atoms with Crippen molar-refractivity contribution in [1.82, 2.24) is 0 Å². The molecule has 0 aliphatic rings. The van der Waals surface area contributed by atoms with Crippen molar-refractivity contribution in [2.75, 3.05) is 0 Å². The fraction of sp³-hybridized carbons (Fsp3) is 0.273. The van der Waals surface area contributed by atoms with Gasteiger partial charge in [0.2, 0.25) is 0 Å². The lowest BCUT2D eigenvalue weighted by atomic mass is 10.00. The lowest BCUT2D eigenvalue weighted by Gasteiger charge is -2.08. The maximum atomic E-state index is 10.5. The van der Waals surface area contributed by atoms with Crippen LogP contribution in [0.3, 0.4) is 0 Å². The van der Waals surface area contributed by atoms with Crippen LogP contribution in [-0.2, 0) is 22.4 Å². The number of aryl methyl sites for hydroxylation is 1. The number of aromatic hydroxyl groups is 1. The van der Waals surface area contributed by atoms with E-state index in [9.17, 15) is 14.7 Å². The van der Waals surface area contributed by atoms with E-state index >= 15 is 0 Å². The first-order chi connectivity index (χ1) is 7.40. The number of rotatable bonds is 4. The summed E-state index contributed by atoms with van der Waals surface area (Å²) >= 11 is 0. The van der Waals surface area contributed by atoms with Crippen LogP contribution in [0.1, 0.15) is 16.7 Å². The molecule has 0 amide bonds. The van der Waals surface area contributed by atoms with Gasteiger partial charge in [0.15, 0.2) is 0 Å². The second-order valence-electron chi connectivity index (χ2n) is 3.55. The second kappa shape index (κ2) is 4.65. The first kappa shape index (κ1) is 12.0. The number of hydrogen-bond acceptors (Lipinski definition) is 3. The predicted octanol–water partition coefficient (Wildman–Crippen LogP) is 0.955. The maximum Gasteiger partial charge on any atom is 0.307 e. The van der Waals surface area contributed by atoms with Crippen LogP contribution in [0.15, 0.2) is 12.1 Å². The molecule has 0 unspecified atom stereocenters. The van der Waals surface area contributed by atoms with Crippen LogP contribution in [0, 0.1) is 6.92 Å². The Kier molecular flexibility index (Phi) is 3.50. The van der Waals surface area contributed by atoms with Gasteiger partial charge in [-0.05, 0) is 24.1 Å². The molecule has 1 aromatic carbocycles. The Bertz CT molecular complexity index is 394. The minimum absolute atomic E-state index is 0.177. The van der Waals surface area contributed by atoms with Crippen molar-refractivity contribution in [2.24, 2.45) is 0 Å². The Morgan fingerprint density at radius 3 is 2.06 bits per heavy atom. The molecule has 3 N–H and O–H groups in total. The van der Waals surface area contributed by atoms with Crippen LogP contribution in [-0.4, -0.2) is 27.3 Å². The van der Waals surface area contributed by atoms with E-state index in [0.29, 0.717) is 16.7 Å². The van der Waals surface area contributed by atoms with Gasteiger partial charge in [-0.15, -0.1) is 0 Å². The molecule has 0 fully saturated rings. The fourth-order valence-corrected chi connectivity index (χ4v) is 1.46. The molecule has 0 saturated carbocycles. The van der Waals surface area contributed by atoms with Crippen LogP contribution in [0.25, 0.3) is 0 Å². The average Bonchev–Trinajstić information content (AvgIpc) is 2.11. The molecular formula is C11H12O5. The Balaban J connectivity index is 3.06. The molecule has 0 radical (unpaired) electrons. The molecule has 0 bridgehead atoms. The number of carboxylic acid groups (broad SMARTS) is 2. The zero-order valence-corrected chi connectivity index (χ0v) is 8.73. The van der Waals surface area contributed by atoms with E-state index in [0.717, 1.165) is 0 Å². The Morgan fingerprint density at radius 1 is 1.06 bits per heavy atom. The molecule has 0 heterocycles. The van der Waals surface area contributed by atoms with Gasteiger partial charge in [-0.1, -0.05) is 6.07 Å². The van der Waals surface area contributed by atoms with Gasteiger partial charge in [-0.25, -0.2) is 0 Å². The third-order valence-corrected chi connectivity index (χ3v) is 2.22. The van der Waals surface area contributed by atoms with E-state index in [4.69, 9.17) is 10.2 Å². The minimum atomic E-state index is -1.04. The van der Waals surface area contributed by atoms with Crippen molar-refractivity contribution in [2.45, 2.75) is 19.8 Å². The molecule has 5 heteroatoms. The van der Waals surface area contributed by atoms with Crippen molar-refractivity contribution >= 4 is 11.9 Å². The van der Waals surface area contributed by atoms with Gasteiger partial charge in [0, 0.05) is 5.56 Å². The number of carboxylic acids is 2. The van der Waals surface area contributed by atoms with Crippen molar-refractivity contribution in [1.29, 1.82) is 0 Å². The number of carbonyl (C=O) groups is 2. The summed E-state index contributed by atoms with van der Waals surface area (Å²) < 4.78 is 0. The third-order valence-electron chi connectivity index (χ3n) is 2.22. The highest BCUT2D eigenvalue weighted by atomic mass is 16.4. The number of phenols is 1. The average molecular weight is 224 g/mol. The van der Waals surface area contributed by atoms with Gasteiger partial charge in [-0.2, -0.15) is 0 Å². The number of benzene rings is 1. The molecule has 0 atom stereocenters. The van der Waals surface area contributed by atoms with Gasteiger partial charge in [0.1, 0.15) is 5.75 Å². The van der Waals surface area contributed by atoms with E-state index in [1.165, 1.54) is 12.1 Å². The summed E-state index contributed by atoms with van der Waals surface area (Å²) in [5.74, 6) is -2.21. The van der Waals surface area contributed by atoms with Crippen molar-refractivity contribution < 1.29 is 24.9 Å². The molecule has 1 rings (SSSR count). The zero-order valence-electron chi connectivity index (χ0n) is 8.73. The monoisotopic (exact) mass is 224 g/mol. The summed E-state index contributed by atoms with van der Waals surface area (Å²) in [5.41, 5.74) is 1.44. The van der Waals surface area contributed by atoms with Crippen molar-refractivity contribution in [3.63, 3.8) is 0 Å². The van der Waals surface area contributed by atoms with Gasteiger partial charge in [0.05, 0.1) is 12.8 Å². The molecule has 0 saturated heterocycles. The number of hydrogen-bond donors (Lipinski definition) is 3. The normalized spacial score (nSPS) is 10.1. The lowest BCUT2D eigenvalue weighted by Crippen LogP contribution is -2.05. The molecule has 16 heavy (non-hydrogen) atoms. The zero-order chi connectivity index (χ0) is 12.3. The third kappa shape index (κ3) is 2.98. The summed E-state index contributed by atoms with van der Waals surface area (Å²) in [6.07, 6.45) is -0.466. The highest BCUT2D eigenvalue weighted by molar-refractivity contribution is 5.73. The lowest BCUT2D eigenvalue weighted by molar-refractivity contribution is -0.137. The van der Waals surface area contributed by atoms with Gasteiger partial charge < -0.3 is 15.3 Å². The van der Waals surface area contributed by atoms with E-state index in [-0.39, 0.29) is 18.6 Å². The van der Waals surface area contributed by atoms with Gasteiger partial charge in [0.25, 0.3) is 0 Å². The van der Waals surface area contributed by atoms with Crippen LogP contribution in [0.4, 0.5) is 0 Å². The maximum absolute atomic E-state index is 10.5. The van der Waals surface area contributed by atoms with Crippen molar-refractivity contribution in [3.05, 3.63) is 28.8 Å². The predicted molar refractivity (Wildman–Crippen MR) is 55.5 cm³/mol. The van der Waals surface area contributed by atoms with E-state index in [1.807, 2.05) is 0 Å². The summed E-state index contributed by atoms with van der Waals surface area (Å²) in [6.45, 7) is 1.68. The summed E-state index contributed by atoms with van der Waals surface area (Å²) in [6, 6.07) is 2.81. The molecular weight excluding hydrogens is 212 g/mol. The smallest absolute Gasteiger partial charge is 0.307 e.